The Kier molecular flexibility index (Phi) is 3.97. The molecule has 0 unspecified atom stereocenters. The number of hydrogen-bond acceptors (Lipinski definition) is 2. The molecule has 0 N–H and O–H groups in total. The van der Waals surface area contributed by atoms with Crippen molar-refractivity contribution in [2.45, 2.75) is 33.1 Å². The van der Waals surface area contributed by atoms with Gasteiger partial charge in [0.15, 0.2) is 5.78 Å². The van der Waals surface area contributed by atoms with Crippen molar-refractivity contribution >= 4 is 5.78 Å². The fourth-order valence-electron chi connectivity index (χ4n) is 3.03. The van der Waals surface area contributed by atoms with Gasteiger partial charge in [0.2, 0.25) is 0 Å². The highest BCUT2D eigenvalue weighted by molar-refractivity contribution is 6.10. The maximum atomic E-state index is 13.0. The Hall–Kier alpha value is -2.16. The van der Waals surface area contributed by atoms with Crippen LogP contribution in [0, 0.1) is 19.7 Å². The summed E-state index contributed by atoms with van der Waals surface area (Å²) in [5.41, 5.74) is 4.32. The molecule has 3 rings (SSSR count). The number of halogens is 1. The van der Waals surface area contributed by atoms with Gasteiger partial charge >= 0.3 is 0 Å². The molecule has 0 bridgehead atoms. The second-order valence-electron chi connectivity index (χ2n) is 5.82. The van der Waals surface area contributed by atoms with Crippen LogP contribution < -0.4 is 4.74 Å². The van der Waals surface area contributed by atoms with Gasteiger partial charge in [-0.2, -0.15) is 0 Å². The van der Waals surface area contributed by atoms with Gasteiger partial charge in [-0.25, -0.2) is 4.39 Å². The van der Waals surface area contributed by atoms with E-state index in [4.69, 9.17) is 4.74 Å². The van der Waals surface area contributed by atoms with Crippen molar-refractivity contribution < 1.29 is 13.9 Å². The smallest absolute Gasteiger partial charge is 0.193 e. The van der Waals surface area contributed by atoms with E-state index >= 15 is 0 Å². The van der Waals surface area contributed by atoms with Crippen molar-refractivity contribution in [2.24, 2.45) is 0 Å². The van der Waals surface area contributed by atoms with Crippen molar-refractivity contribution in [1.82, 2.24) is 0 Å². The first kappa shape index (κ1) is 14.8. The van der Waals surface area contributed by atoms with E-state index in [1.807, 2.05) is 19.9 Å². The fraction of sp³-hybridized carbons (Fsp3) is 0.316. The van der Waals surface area contributed by atoms with Crippen LogP contribution in [-0.2, 0) is 6.42 Å². The van der Waals surface area contributed by atoms with Crippen LogP contribution in [0.2, 0.25) is 0 Å². The van der Waals surface area contributed by atoms with Gasteiger partial charge in [-0.1, -0.05) is 0 Å². The molecule has 0 spiro atoms. The van der Waals surface area contributed by atoms with Gasteiger partial charge in [0, 0.05) is 11.1 Å². The number of ether oxygens (including phenoxy) is 1. The molecule has 0 saturated heterocycles. The van der Waals surface area contributed by atoms with E-state index in [0.717, 1.165) is 48.3 Å². The Morgan fingerprint density at radius 2 is 1.86 bits per heavy atom. The van der Waals surface area contributed by atoms with Crippen LogP contribution in [-0.4, -0.2) is 12.4 Å². The molecule has 0 aliphatic carbocycles. The lowest BCUT2D eigenvalue weighted by Gasteiger charge is -2.16. The average Bonchev–Trinajstić information content (AvgIpc) is 2.77. The third-order valence-electron chi connectivity index (χ3n) is 4.27. The molecule has 2 aromatic carbocycles. The lowest BCUT2D eigenvalue weighted by atomic mass is 9.91. The summed E-state index contributed by atoms with van der Waals surface area (Å²) in [5.74, 6) is 0.540. The second kappa shape index (κ2) is 5.91. The summed E-state index contributed by atoms with van der Waals surface area (Å²) in [6.07, 6.45) is 3.04. The summed E-state index contributed by atoms with van der Waals surface area (Å²) in [7, 11) is 0. The van der Waals surface area contributed by atoms with E-state index in [-0.39, 0.29) is 11.6 Å². The first-order valence-corrected chi connectivity index (χ1v) is 7.64. The first-order chi connectivity index (χ1) is 10.6. The quantitative estimate of drug-likeness (QED) is 0.769. The third-order valence-corrected chi connectivity index (χ3v) is 4.27. The van der Waals surface area contributed by atoms with Crippen molar-refractivity contribution in [1.29, 1.82) is 0 Å². The first-order valence-electron chi connectivity index (χ1n) is 7.64. The predicted molar refractivity (Wildman–Crippen MR) is 84.2 cm³/mol. The number of benzene rings is 2. The van der Waals surface area contributed by atoms with Crippen molar-refractivity contribution in [3.05, 3.63) is 64.0 Å². The van der Waals surface area contributed by atoms with E-state index < -0.39 is 0 Å². The number of carbonyl (C=O) groups is 1. The lowest BCUT2D eigenvalue weighted by molar-refractivity contribution is 0.103. The highest BCUT2D eigenvalue weighted by Crippen LogP contribution is 2.33. The van der Waals surface area contributed by atoms with E-state index in [2.05, 4.69) is 0 Å². The van der Waals surface area contributed by atoms with Gasteiger partial charge in [-0.05, 0) is 80.1 Å². The fourth-order valence-corrected chi connectivity index (χ4v) is 3.03. The van der Waals surface area contributed by atoms with Crippen LogP contribution in [0.1, 0.15) is 45.5 Å². The highest BCUT2D eigenvalue weighted by atomic mass is 19.1. The third kappa shape index (κ3) is 2.63. The molecular formula is C19H19FO2. The minimum atomic E-state index is -0.334. The van der Waals surface area contributed by atoms with Crippen LogP contribution in [0.15, 0.2) is 30.3 Å². The normalized spacial score (nSPS) is 14.0. The molecule has 2 aromatic rings. The topological polar surface area (TPSA) is 26.3 Å². The van der Waals surface area contributed by atoms with Crippen LogP contribution in [0.25, 0.3) is 0 Å². The Morgan fingerprint density at radius 1 is 1.14 bits per heavy atom. The number of aryl methyl sites for hydroxylation is 1. The summed E-state index contributed by atoms with van der Waals surface area (Å²) >= 11 is 0. The minimum absolute atomic E-state index is 0.0624. The standard InChI is InChI=1S/C19H19FO2/c1-12-11-17(18(21)14-6-8-15(20)9-7-14)13(2)16-5-3-4-10-22-19(12)16/h6-9,11H,3-5,10H2,1-2H3. The molecule has 1 aliphatic heterocycles. The summed E-state index contributed by atoms with van der Waals surface area (Å²) in [6, 6.07) is 7.61. The van der Waals surface area contributed by atoms with Gasteiger partial charge in [-0.15, -0.1) is 0 Å². The zero-order valence-electron chi connectivity index (χ0n) is 12.9. The Balaban J connectivity index is 2.07. The molecular weight excluding hydrogens is 279 g/mol. The summed E-state index contributed by atoms with van der Waals surface area (Å²) in [5, 5.41) is 0. The van der Waals surface area contributed by atoms with E-state index in [9.17, 15) is 9.18 Å². The largest absolute Gasteiger partial charge is 0.493 e. The molecule has 0 amide bonds. The van der Waals surface area contributed by atoms with Crippen molar-refractivity contribution in [2.75, 3.05) is 6.61 Å². The highest BCUT2D eigenvalue weighted by Gasteiger charge is 2.21. The second-order valence-corrected chi connectivity index (χ2v) is 5.82. The molecule has 114 valence electrons. The van der Waals surface area contributed by atoms with Crippen molar-refractivity contribution in [3.63, 3.8) is 0 Å². The number of rotatable bonds is 2. The molecule has 0 fully saturated rings. The minimum Gasteiger partial charge on any atom is -0.493 e. The Labute approximate surface area is 129 Å². The monoisotopic (exact) mass is 298 g/mol. The Morgan fingerprint density at radius 3 is 2.59 bits per heavy atom. The van der Waals surface area contributed by atoms with Crippen LogP contribution >= 0.6 is 0 Å². The average molecular weight is 298 g/mol. The molecule has 2 nitrogen and oxygen atoms in total. The van der Waals surface area contributed by atoms with E-state index in [1.165, 1.54) is 24.3 Å². The van der Waals surface area contributed by atoms with Crippen LogP contribution in [0.5, 0.6) is 5.75 Å². The molecule has 1 heterocycles. The maximum Gasteiger partial charge on any atom is 0.193 e. The lowest BCUT2D eigenvalue weighted by Crippen LogP contribution is -2.08. The molecule has 0 radical (unpaired) electrons. The van der Waals surface area contributed by atoms with Crippen molar-refractivity contribution in [3.8, 4) is 5.75 Å². The number of ketones is 1. The Bertz CT molecular complexity index is 717. The van der Waals surface area contributed by atoms with E-state index in [1.54, 1.807) is 0 Å². The predicted octanol–water partition coefficient (Wildman–Crippen LogP) is 4.39. The van der Waals surface area contributed by atoms with Crippen LogP contribution in [0.3, 0.4) is 0 Å². The number of carbonyl (C=O) groups excluding carboxylic acids is 1. The number of hydrogen-bond donors (Lipinski definition) is 0. The SMILES string of the molecule is Cc1cc(C(=O)c2ccc(F)cc2)c(C)c2c1OCCCC2. The molecule has 3 heteroatoms. The molecule has 22 heavy (non-hydrogen) atoms. The maximum absolute atomic E-state index is 13.0. The summed E-state index contributed by atoms with van der Waals surface area (Å²) in [6.45, 7) is 4.69. The molecule has 0 aromatic heterocycles. The number of fused-ring (bicyclic) bond motifs is 1. The summed E-state index contributed by atoms with van der Waals surface area (Å²) < 4.78 is 18.9. The summed E-state index contributed by atoms with van der Waals surface area (Å²) in [4.78, 5) is 12.7. The van der Waals surface area contributed by atoms with Gasteiger partial charge in [-0.3, -0.25) is 4.79 Å². The van der Waals surface area contributed by atoms with Crippen LogP contribution in [0.4, 0.5) is 4.39 Å². The van der Waals surface area contributed by atoms with Gasteiger partial charge in [0.1, 0.15) is 11.6 Å². The van der Waals surface area contributed by atoms with Gasteiger partial charge in [0.25, 0.3) is 0 Å². The molecule has 1 aliphatic rings. The van der Waals surface area contributed by atoms with Gasteiger partial charge < -0.3 is 4.74 Å². The zero-order valence-corrected chi connectivity index (χ0v) is 12.9. The molecule has 0 saturated carbocycles. The van der Waals surface area contributed by atoms with Gasteiger partial charge in [0.05, 0.1) is 6.61 Å². The molecule has 0 atom stereocenters. The zero-order chi connectivity index (χ0) is 15.7. The van der Waals surface area contributed by atoms with E-state index in [0.29, 0.717) is 11.1 Å².